The van der Waals surface area contributed by atoms with Crippen LogP contribution in [0.2, 0.25) is 0 Å². The maximum Gasteiger partial charge on any atom is 0.262 e. The third-order valence-electron chi connectivity index (χ3n) is 3.27. The minimum Gasteiger partial charge on any atom is -0.484 e. The lowest BCUT2D eigenvalue weighted by molar-refractivity contribution is -0.118. The summed E-state index contributed by atoms with van der Waals surface area (Å²) in [7, 11) is 0. The van der Waals surface area contributed by atoms with Crippen LogP contribution in [0.5, 0.6) is 5.75 Å². The van der Waals surface area contributed by atoms with Crippen molar-refractivity contribution in [1.29, 1.82) is 5.26 Å². The fraction of sp³-hybridized carbons (Fsp3) is 0.0556. The molecule has 23 heavy (non-hydrogen) atoms. The summed E-state index contributed by atoms with van der Waals surface area (Å²) >= 11 is 0. The maximum absolute atomic E-state index is 12.0. The van der Waals surface area contributed by atoms with Gasteiger partial charge in [0.2, 0.25) is 0 Å². The van der Waals surface area contributed by atoms with Gasteiger partial charge in [0.25, 0.3) is 5.91 Å². The Morgan fingerprint density at radius 2 is 1.96 bits per heavy atom. The Morgan fingerprint density at radius 3 is 2.74 bits per heavy atom. The van der Waals surface area contributed by atoms with Gasteiger partial charge in [-0.1, -0.05) is 6.07 Å². The van der Waals surface area contributed by atoms with Crippen molar-refractivity contribution in [3.8, 4) is 11.8 Å². The number of carbonyl (C=O) groups is 1. The number of amides is 1. The van der Waals surface area contributed by atoms with Crippen LogP contribution in [-0.4, -0.2) is 17.5 Å². The van der Waals surface area contributed by atoms with Gasteiger partial charge in [-0.05, 0) is 48.5 Å². The van der Waals surface area contributed by atoms with Crippen molar-refractivity contribution in [3.63, 3.8) is 0 Å². The van der Waals surface area contributed by atoms with E-state index in [0.717, 1.165) is 10.9 Å². The van der Waals surface area contributed by atoms with E-state index in [-0.39, 0.29) is 12.5 Å². The number of carbonyl (C=O) groups excluding carboxylic acids is 1. The number of anilines is 1. The molecule has 0 fully saturated rings. The van der Waals surface area contributed by atoms with Gasteiger partial charge in [0.15, 0.2) is 6.61 Å². The highest BCUT2D eigenvalue weighted by atomic mass is 16.5. The molecule has 1 N–H and O–H groups in total. The molecule has 0 unspecified atom stereocenters. The van der Waals surface area contributed by atoms with E-state index in [0.29, 0.717) is 17.0 Å². The van der Waals surface area contributed by atoms with E-state index in [1.54, 1.807) is 30.5 Å². The number of fused-ring (bicyclic) bond motifs is 1. The second-order valence-electron chi connectivity index (χ2n) is 4.85. The van der Waals surface area contributed by atoms with E-state index < -0.39 is 0 Å². The Hall–Kier alpha value is -3.39. The van der Waals surface area contributed by atoms with E-state index in [1.807, 2.05) is 36.4 Å². The number of hydrogen-bond donors (Lipinski definition) is 1. The molecule has 5 nitrogen and oxygen atoms in total. The molecule has 2 aromatic carbocycles. The topological polar surface area (TPSA) is 75.0 Å². The average Bonchev–Trinajstić information content (AvgIpc) is 2.61. The highest BCUT2D eigenvalue weighted by molar-refractivity contribution is 6.01. The number of ether oxygens (including phenoxy) is 1. The van der Waals surface area contributed by atoms with Gasteiger partial charge in [-0.25, -0.2) is 0 Å². The second kappa shape index (κ2) is 6.58. The maximum atomic E-state index is 12.0. The number of nitrogens with zero attached hydrogens (tertiary/aromatic N) is 2. The molecule has 0 aliphatic rings. The Balaban J connectivity index is 1.65. The highest BCUT2D eigenvalue weighted by Crippen LogP contribution is 2.21. The van der Waals surface area contributed by atoms with Crippen LogP contribution in [0, 0.1) is 11.3 Å². The van der Waals surface area contributed by atoms with Crippen LogP contribution in [0.3, 0.4) is 0 Å². The second-order valence-corrected chi connectivity index (χ2v) is 4.85. The molecule has 0 spiro atoms. The van der Waals surface area contributed by atoms with Gasteiger partial charge in [0.05, 0.1) is 22.8 Å². The SMILES string of the molecule is N#Cc1ccc(OCC(=O)Nc2cccc3ncccc23)cc1. The molecule has 0 atom stereocenters. The summed E-state index contributed by atoms with van der Waals surface area (Å²) < 4.78 is 5.41. The third-order valence-corrected chi connectivity index (χ3v) is 3.27. The van der Waals surface area contributed by atoms with Crippen LogP contribution in [0.4, 0.5) is 5.69 Å². The van der Waals surface area contributed by atoms with Crippen LogP contribution >= 0.6 is 0 Å². The lowest BCUT2D eigenvalue weighted by atomic mass is 10.2. The van der Waals surface area contributed by atoms with Crippen molar-refractivity contribution in [2.75, 3.05) is 11.9 Å². The number of rotatable bonds is 4. The molecule has 3 aromatic rings. The van der Waals surface area contributed by atoms with Crippen LogP contribution in [-0.2, 0) is 4.79 Å². The monoisotopic (exact) mass is 303 g/mol. The fourth-order valence-electron chi connectivity index (χ4n) is 2.17. The first kappa shape index (κ1) is 14.5. The van der Waals surface area contributed by atoms with Crippen LogP contribution in [0.1, 0.15) is 5.56 Å². The summed E-state index contributed by atoms with van der Waals surface area (Å²) in [5, 5.41) is 12.4. The molecular formula is C18H13N3O2. The number of benzene rings is 2. The quantitative estimate of drug-likeness (QED) is 0.803. The van der Waals surface area contributed by atoms with E-state index in [4.69, 9.17) is 10.00 Å². The molecule has 1 aromatic heterocycles. The van der Waals surface area contributed by atoms with Crippen molar-refractivity contribution >= 4 is 22.5 Å². The molecule has 3 rings (SSSR count). The van der Waals surface area contributed by atoms with E-state index >= 15 is 0 Å². The van der Waals surface area contributed by atoms with Gasteiger partial charge in [-0.15, -0.1) is 0 Å². The zero-order chi connectivity index (χ0) is 16.1. The lowest BCUT2D eigenvalue weighted by Gasteiger charge is -2.09. The van der Waals surface area contributed by atoms with E-state index in [9.17, 15) is 4.79 Å². The molecule has 0 saturated heterocycles. The number of nitrogens with one attached hydrogen (secondary N) is 1. The van der Waals surface area contributed by atoms with Gasteiger partial charge in [0, 0.05) is 11.6 Å². The van der Waals surface area contributed by atoms with Crippen LogP contribution in [0.15, 0.2) is 60.8 Å². The summed E-state index contributed by atoms with van der Waals surface area (Å²) in [4.78, 5) is 16.3. The first-order valence-corrected chi connectivity index (χ1v) is 7.03. The number of hydrogen-bond acceptors (Lipinski definition) is 4. The average molecular weight is 303 g/mol. The molecule has 0 bridgehead atoms. The summed E-state index contributed by atoms with van der Waals surface area (Å²) in [5.41, 5.74) is 2.06. The van der Waals surface area contributed by atoms with Gasteiger partial charge in [-0.3, -0.25) is 9.78 Å². The molecule has 0 aliphatic heterocycles. The molecule has 112 valence electrons. The highest BCUT2D eigenvalue weighted by Gasteiger charge is 2.07. The zero-order valence-electron chi connectivity index (χ0n) is 12.2. The lowest BCUT2D eigenvalue weighted by Crippen LogP contribution is -2.20. The van der Waals surface area contributed by atoms with E-state index in [1.165, 1.54) is 0 Å². The van der Waals surface area contributed by atoms with Gasteiger partial charge in [0.1, 0.15) is 5.75 Å². The number of pyridine rings is 1. The Labute approximate surface area is 133 Å². The minimum atomic E-state index is -0.259. The Bertz CT molecular complexity index is 877. The van der Waals surface area contributed by atoms with Crippen LogP contribution < -0.4 is 10.1 Å². The normalized spacial score (nSPS) is 10.0. The Morgan fingerprint density at radius 1 is 1.13 bits per heavy atom. The summed E-state index contributed by atoms with van der Waals surface area (Å²) in [6.07, 6.45) is 1.71. The van der Waals surface area contributed by atoms with Crippen LogP contribution in [0.25, 0.3) is 10.9 Å². The van der Waals surface area contributed by atoms with Crippen molar-refractivity contribution in [2.45, 2.75) is 0 Å². The number of aromatic nitrogens is 1. The van der Waals surface area contributed by atoms with E-state index in [2.05, 4.69) is 10.3 Å². The predicted octanol–water partition coefficient (Wildman–Crippen LogP) is 3.12. The third kappa shape index (κ3) is 3.44. The van der Waals surface area contributed by atoms with Gasteiger partial charge in [-0.2, -0.15) is 5.26 Å². The van der Waals surface area contributed by atoms with Crippen molar-refractivity contribution in [3.05, 3.63) is 66.4 Å². The number of nitriles is 1. The Kier molecular flexibility index (Phi) is 4.16. The molecule has 0 aliphatic carbocycles. The van der Waals surface area contributed by atoms with Gasteiger partial charge < -0.3 is 10.1 Å². The smallest absolute Gasteiger partial charge is 0.262 e. The first-order chi connectivity index (χ1) is 11.3. The van der Waals surface area contributed by atoms with Crippen molar-refractivity contribution < 1.29 is 9.53 Å². The summed E-state index contributed by atoms with van der Waals surface area (Å²) in [6.45, 7) is -0.109. The molecular weight excluding hydrogens is 290 g/mol. The van der Waals surface area contributed by atoms with Gasteiger partial charge >= 0.3 is 0 Å². The summed E-state index contributed by atoms with van der Waals surface area (Å²) in [5.74, 6) is 0.282. The van der Waals surface area contributed by atoms with Crippen molar-refractivity contribution in [2.24, 2.45) is 0 Å². The zero-order valence-corrected chi connectivity index (χ0v) is 12.2. The largest absolute Gasteiger partial charge is 0.484 e. The molecule has 1 amide bonds. The molecule has 1 heterocycles. The first-order valence-electron chi connectivity index (χ1n) is 7.03. The molecule has 0 saturated carbocycles. The fourth-order valence-corrected chi connectivity index (χ4v) is 2.17. The molecule has 0 radical (unpaired) electrons. The minimum absolute atomic E-state index is 0.109. The molecule has 5 heteroatoms. The standard InChI is InChI=1S/C18H13N3O2/c19-11-13-6-8-14(9-7-13)23-12-18(22)21-17-5-1-4-16-15(17)3-2-10-20-16/h1-10H,12H2,(H,21,22). The summed E-state index contributed by atoms with van der Waals surface area (Å²) in [6, 6.07) is 17.9. The van der Waals surface area contributed by atoms with Crippen molar-refractivity contribution in [1.82, 2.24) is 4.98 Å². The predicted molar refractivity (Wildman–Crippen MR) is 87.0 cm³/mol.